The van der Waals surface area contributed by atoms with E-state index in [1.807, 2.05) is 0 Å². The van der Waals surface area contributed by atoms with Crippen molar-refractivity contribution in [2.45, 2.75) is 43.9 Å². The van der Waals surface area contributed by atoms with Gasteiger partial charge < -0.3 is 10.6 Å². The van der Waals surface area contributed by atoms with Crippen molar-refractivity contribution in [1.82, 2.24) is 10.6 Å². The third kappa shape index (κ3) is 3.43. The van der Waals surface area contributed by atoms with E-state index in [2.05, 4.69) is 10.6 Å². The van der Waals surface area contributed by atoms with Crippen LogP contribution in [0.3, 0.4) is 0 Å². The third-order valence-electron chi connectivity index (χ3n) is 4.37. The monoisotopic (exact) mass is 312 g/mol. The van der Waals surface area contributed by atoms with Crippen LogP contribution in [-0.2, 0) is 11.0 Å². The standard InChI is InChI=1S/C16H19F3N2O/c17-16(18,19)12-7-5-11(6-8-12)14(10-3-4-10)21-15(22)13-2-1-9-20-13/h5-8,10,13-14,20H,1-4,9H2,(H,21,22)/t13-,14+/m1/s1. The van der Waals surface area contributed by atoms with Crippen LogP contribution in [0.1, 0.15) is 42.9 Å². The molecule has 3 rings (SSSR count). The number of benzene rings is 1. The van der Waals surface area contributed by atoms with Gasteiger partial charge in [0.25, 0.3) is 0 Å². The first-order chi connectivity index (χ1) is 10.4. The predicted octanol–water partition coefficient (Wildman–Crippen LogP) is 3.02. The third-order valence-corrected chi connectivity index (χ3v) is 4.37. The van der Waals surface area contributed by atoms with Crippen molar-refractivity contribution in [1.29, 1.82) is 0 Å². The van der Waals surface area contributed by atoms with Crippen LogP contribution in [0.4, 0.5) is 13.2 Å². The molecule has 1 saturated carbocycles. The van der Waals surface area contributed by atoms with Crippen LogP contribution in [-0.4, -0.2) is 18.5 Å². The number of carbonyl (C=O) groups excluding carboxylic acids is 1. The lowest BCUT2D eigenvalue weighted by molar-refractivity contribution is -0.137. The molecule has 6 heteroatoms. The molecule has 2 atom stereocenters. The van der Waals surface area contributed by atoms with E-state index in [0.29, 0.717) is 5.92 Å². The highest BCUT2D eigenvalue weighted by Crippen LogP contribution is 2.41. The van der Waals surface area contributed by atoms with Crippen LogP contribution >= 0.6 is 0 Å². The molecule has 1 aromatic rings. The number of nitrogens with one attached hydrogen (secondary N) is 2. The second kappa shape index (κ2) is 5.91. The average molecular weight is 312 g/mol. The van der Waals surface area contributed by atoms with Crippen molar-refractivity contribution in [2.24, 2.45) is 5.92 Å². The summed E-state index contributed by atoms with van der Waals surface area (Å²) in [5.74, 6) is 0.288. The van der Waals surface area contributed by atoms with E-state index >= 15 is 0 Å². The molecule has 120 valence electrons. The zero-order valence-corrected chi connectivity index (χ0v) is 12.1. The topological polar surface area (TPSA) is 41.1 Å². The Balaban J connectivity index is 1.72. The second-order valence-electron chi connectivity index (χ2n) is 6.09. The molecule has 1 amide bonds. The Kier molecular flexibility index (Phi) is 4.12. The number of halogens is 3. The molecule has 2 fully saturated rings. The Hall–Kier alpha value is -1.56. The highest BCUT2D eigenvalue weighted by atomic mass is 19.4. The lowest BCUT2D eigenvalue weighted by Crippen LogP contribution is -2.42. The lowest BCUT2D eigenvalue weighted by Gasteiger charge is -2.21. The number of carbonyl (C=O) groups is 1. The fourth-order valence-electron chi connectivity index (χ4n) is 2.94. The molecule has 3 nitrogen and oxygen atoms in total. The van der Waals surface area contributed by atoms with Gasteiger partial charge in [-0.25, -0.2) is 0 Å². The minimum absolute atomic E-state index is 0.0469. The Labute approximate surface area is 127 Å². The molecule has 1 aromatic carbocycles. The van der Waals surface area contributed by atoms with Crippen molar-refractivity contribution in [3.63, 3.8) is 0 Å². The van der Waals surface area contributed by atoms with Crippen LogP contribution in [0.25, 0.3) is 0 Å². The summed E-state index contributed by atoms with van der Waals surface area (Å²) in [7, 11) is 0. The molecule has 1 saturated heterocycles. The van der Waals surface area contributed by atoms with E-state index in [1.165, 1.54) is 12.1 Å². The molecule has 0 spiro atoms. The smallest absolute Gasteiger partial charge is 0.348 e. The Morgan fingerprint density at radius 1 is 1.18 bits per heavy atom. The maximum Gasteiger partial charge on any atom is 0.416 e. The quantitative estimate of drug-likeness (QED) is 0.897. The summed E-state index contributed by atoms with van der Waals surface area (Å²) in [4.78, 5) is 12.2. The van der Waals surface area contributed by atoms with E-state index in [0.717, 1.165) is 49.9 Å². The van der Waals surface area contributed by atoms with E-state index in [1.54, 1.807) is 0 Å². The minimum atomic E-state index is -4.33. The molecule has 2 N–H and O–H groups in total. The Morgan fingerprint density at radius 3 is 2.36 bits per heavy atom. The van der Waals surface area contributed by atoms with Crippen molar-refractivity contribution in [3.05, 3.63) is 35.4 Å². The van der Waals surface area contributed by atoms with Crippen LogP contribution in [0.15, 0.2) is 24.3 Å². The van der Waals surface area contributed by atoms with Gasteiger partial charge in [0, 0.05) is 0 Å². The lowest BCUT2D eigenvalue weighted by atomic mass is 10.00. The average Bonchev–Trinajstić information content (AvgIpc) is 3.17. The predicted molar refractivity (Wildman–Crippen MR) is 76.1 cm³/mol. The van der Waals surface area contributed by atoms with Gasteiger partial charge >= 0.3 is 6.18 Å². The number of rotatable bonds is 4. The maximum atomic E-state index is 12.6. The van der Waals surface area contributed by atoms with Gasteiger partial charge in [0.2, 0.25) is 5.91 Å². The van der Waals surface area contributed by atoms with E-state index in [9.17, 15) is 18.0 Å². The van der Waals surface area contributed by atoms with Gasteiger partial charge in [0.1, 0.15) is 0 Å². The fourth-order valence-corrected chi connectivity index (χ4v) is 2.94. The molecule has 1 aliphatic heterocycles. The van der Waals surface area contributed by atoms with Crippen LogP contribution < -0.4 is 10.6 Å². The van der Waals surface area contributed by atoms with Gasteiger partial charge in [0.05, 0.1) is 17.6 Å². The van der Waals surface area contributed by atoms with Gasteiger partial charge in [-0.2, -0.15) is 13.2 Å². The van der Waals surface area contributed by atoms with Crippen LogP contribution in [0.5, 0.6) is 0 Å². The number of amides is 1. The summed E-state index contributed by atoms with van der Waals surface area (Å²) in [6.45, 7) is 0.840. The minimum Gasteiger partial charge on any atom is -0.348 e. The summed E-state index contributed by atoms with van der Waals surface area (Å²) in [6, 6.07) is 4.78. The highest BCUT2D eigenvalue weighted by Gasteiger charge is 2.36. The first-order valence-corrected chi connectivity index (χ1v) is 7.66. The van der Waals surface area contributed by atoms with Crippen LogP contribution in [0.2, 0.25) is 0 Å². The normalized spacial score (nSPS) is 23.3. The maximum absolute atomic E-state index is 12.6. The van der Waals surface area contributed by atoms with Gasteiger partial charge in [-0.15, -0.1) is 0 Å². The molecule has 0 unspecified atom stereocenters. The number of hydrogen-bond donors (Lipinski definition) is 2. The van der Waals surface area contributed by atoms with Crippen molar-refractivity contribution in [2.75, 3.05) is 6.54 Å². The molecule has 1 aliphatic carbocycles. The van der Waals surface area contributed by atoms with Crippen molar-refractivity contribution < 1.29 is 18.0 Å². The first kappa shape index (κ1) is 15.3. The summed E-state index contributed by atoms with van der Waals surface area (Å²) in [6.07, 6.45) is -0.526. The molecule has 0 radical (unpaired) electrons. The molecular weight excluding hydrogens is 293 g/mol. The zero-order valence-electron chi connectivity index (χ0n) is 12.1. The fraction of sp³-hybridized carbons (Fsp3) is 0.562. The SMILES string of the molecule is O=C(N[C@H](c1ccc(C(F)(F)F)cc1)C1CC1)[C@H]1CCCN1. The Morgan fingerprint density at radius 2 is 1.86 bits per heavy atom. The second-order valence-corrected chi connectivity index (χ2v) is 6.09. The molecular formula is C16H19F3N2O. The summed E-state index contributed by atoms with van der Waals surface area (Å²) in [5.41, 5.74) is 0.0939. The van der Waals surface area contributed by atoms with Gasteiger partial charge in [-0.1, -0.05) is 12.1 Å². The molecule has 0 aromatic heterocycles. The molecule has 1 heterocycles. The molecule has 0 bridgehead atoms. The van der Waals surface area contributed by atoms with E-state index in [4.69, 9.17) is 0 Å². The summed E-state index contributed by atoms with van der Waals surface area (Å²) >= 11 is 0. The number of alkyl halides is 3. The molecule has 22 heavy (non-hydrogen) atoms. The zero-order chi connectivity index (χ0) is 15.7. The van der Waals surface area contributed by atoms with Gasteiger partial charge in [-0.3, -0.25) is 4.79 Å². The van der Waals surface area contributed by atoms with E-state index in [-0.39, 0.29) is 18.0 Å². The van der Waals surface area contributed by atoms with E-state index < -0.39 is 11.7 Å². The molecule has 2 aliphatic rings. The van der Waals surface area contributed by atoms with Crippen LogP contribution in [0, 0.1) is 5.92 Å². The number of hydrogen-bond acceptors (Lipinski definition) is 2. The highest BCUT2D eigenvalue weighted by molar-refractivity contribution is 5.82. The largest absolute Gasteiger partial charge is 0.416 e. The Bertz CT molecular complexity index is 531. The van der Waals surface area contributed by atoms with Crippen molar-refractivity contribution in [3.8, 4) is 0 Å². The first-order valence-electron chi connectivity index (χ1n) is 7.66. The summed E-state index contributed by atoms with van der Waals surface area (Å²) in [5, 5.41) is 6.15. The van der Waals surface area contributed by atoms with Gasteiger partial charge in [-0.05, 0) is 55.8 Å². The van der Waals surface area contributed by atoms with Gasteiger partial charge in [0.15, 0.2) is 0 Å². The van der Waals surface area contributed by atoms with Crippen molar-refractivity contribution >= 4 is 5.91 Å². The summed E-state index contributed by atoms with van der Waals surface area (Å²) < 4.78 is 37.9.